The SMILES string of the molecule is CN(CNC(=O)c1ccc(/C=C2/Sc3ccccc3N(Cc3cccc(Cl)c3)C2=O)cc1)C1CCCCC1. The molecule has 3 aromatic carbocycles. The zero-order valence-corrected chi connectivity index (χ0v) is 23.1. The molecule has 196 valence electrons. The van der Waals surface area contributed by atoms with E-state index in [2.05, 4.69) is 17.3 Å². The summed E-state index contributed by atoms with van der Waals surface area (Å²) in [6, 6.07) is 23.5. The number of anilines is 1. The fraction of sp³-hybridized carbons (Fsp3) is 0.290. The number of fused-ring (bicyclic) bond motifs is 1. The average molecular weight is 546 g/mol. The molecule has 0 radical (unpaired) electrons. The maximum atomic E-state index is 13.6. The highest BCUT2D eigenvalue weighted by molar-refractivity contribution is 8.04. The number of carbonyl (C=O) groups is 2. The molecule has 1 fully saturated rings. The molecule has 1 aliphatic heterocycles. The summed E-state index contributed by atoms with van der Waals surface area (Å²) in [4.78, 5) is 32.0. The zero-order valence-electron chi connectivity index (χ0n) is 21.5. The van der Waals surface area contributed by atoms with Crippen LogP contribution in [0.3, 0.4) is 0 Å². The summed E-state index contributed by atoms with van der Waals surface area (Å²) in [5, 5.41) is 3.69. The molecule has 1 aliphatic carbocycles. The Bertz CT molecular complexity index is 1330. The van der Waals surface area contributed by atoms with Crippen molar-refractivity contribution in [1.29, 1.82) is 0 Å². The first kappa shape index (κ1) is 26.5. The number of para-hydroxylation sites is 1. The van der Waals surface area contributed by atoms with Crippen LogP contribution in [0.2, 0.25) is 5.02 Å². The number of thioether (sulfide) groups is 1. The lowest BCUT2D eigenvalue weighted by atomic mass is 9.95. The first-order chi connectivity index (χ1) is 18.5. The molecule has 2 amide bonds. The van der Waals surface area contributed by atoms with Gasteiger partial charge in [-0.15, -0.1) is 0 Å². The molecule has 5 nitrogen and oxygen atoms in total. The van der Waals surface area contributed by atoms with Crippen LogP contribution in [0.15, 0.2) is 82.6 Å². The van der Waals surface area contributed by atoms with Crippen molar-refractivity contribution < 1.29 is 9.59 Å². The quantitative estimate of drug-likeness (QED) is 0.257. The number of nitrogens with zero attached hydrogens (tertiary/aromatic N) is 2. The maximum Gasteiger partial charge on any atom is 0.265 e. The van der Waals surface area contributed by atoms with Crippen molar-refractivity contribution in [2.45, 2.75) is 49.6 Å². The van der Waals surface area contributed by atoms with Gasteiger partial charge in [0, 0.05) is 21.5 Å². The highest BCUT2D eigenvalue weighted by Crippen LogP contribution is 2.42. The Morgan fingerprint density at radius 2 is 1.82 bits per heavy atom. The monoisotopic (exact) mass is 545 g/mol. The molecular formula is C31H32ClN3O2S. The molecular weight excluding hydrogens is 514 g/mol. The Morgan fingerprint density at radius 3 is 2.58 bits per heavy atom. The van der Waals surface area contributed by atoms with Crippen LogP contribution < -0.4 is 10.2 Å². The third kappa shape index (κ3) is 6.32. The molecule has 3 aromatic rings. The van der Waals surface area contributed by atoms with E-state index >= 15 is 0 Å². The maximum absolute atomic E-state index is 13.6. The van der Waals surface area contributed by atoms with E-state index < -0.39 is 0 Å². The van der Waals surface area contributed by atoms with Crippen molar-refractivity contribution in [3.8, 4) is 0 Å². The third-order valence-electron chi connectivity index (χ3n) is 7.22. The summed E-state index contributed by atoms with van der Waals surface area (Å²) < 4.78 is 0. The summed E-state index contributed by atoms with van der Waals surface area (Å²) in [5.74, 6) is -0.141. The van der Waals surface area contributed by atoms with Gasteiger partial charge in [-0.2, -0.15) is 0 Å². The molecule has 2 aliphatic rings. The molecule has 38 heavy (non-hydrogen) atoms. The van der Waals surface area contributed by atoms with Crippen LogP contribution in [0, 0.1) is 0 Å². The van der Waals surface area contributed by atoms with Gasteiger partial charge in [0.1, 0.15) is 0 Å². The van der Waals surface area contributed by atoms with Crippen LogP contribution in [-0.2, 0) is 11.3 Å². The predicted octanol–water partition coefficient (Wildman–Crippen LogP) is 6.97. The van der Waals surface area contributed by atoms with Crippen molar-refractivity contribution in [2.75, 3.05) is 18.6 Å². The summed E-state index contributed by atoms with van der Waals surface area (Å²) in [7, 11) is 2.08. The number of nitrogens with one attached hydrogen (secondary N) is 1. The fourth-order valence-corrected chi connectivity index (χ4v) is 6.34. The number of hydrogen-bond donors (Lipinski definition) is 1. The number of carbonyl (C=O) groups excluding carboxylic acids is 2. The van der Waals surface area contributed by atoms with Gasteiger partial charge in [-0.05, 0) is 73.5 Å². The van der Waals surface area contributed by atoms with Crippen LogP contribution in [0.5, 0.6) is 0 Å². The van der Waals surface area contributed by atoms with Gasteiger partial charge in [0.2, 0.25) is 0 Å². The van der Waals surface area contributed by atoms with Crippen molar-refractivity contribution in [1.82, 2.24) is 10.2 Å². The first-order valence-electron chi connectivity index (χ1n) is 13.1. The summed E-state index contributed by atoms with van der Waals surface area (Å²) in [6.45, 7) is 0.977. The average Bonchev–Trinajstić information content (AvgIpc) is 2.94. The van der Waals surface area contributed by atoms with Gasteiger partial charge >= 0.3 is 0 Å². The Hall–Kier alpha value is -3.06. The van der Waals surface area contributed by atoms with Gasteiger partial charge in [-0.1, -0.05) is 79.0 Å². The van der Waals surface area contributed by atoms with Crippen molar-refractivity contribution in [2.24, 2.45) is 0 Å². The van der Waals surface area contributed by atoms with Gasteiger partial charge < -0.3 is 10.2 Å². The molecule has 0 spiro atoms. The highest BCUT2D eigenvalue weighted by atomic mass is 35.5. The molecule has 0 bridgehead atoms. The lowest BCUT2D eigenvalue weighted by Gasteiger charge is -2.31. The number of rotatable bonds is 7. The second-order valence-corrected chi connectivity index (χ2v) is 11.5. The van der Waals surface area contributed by atoms with Crippen LogP contribution in [-0.4, -0.2) is 36.5 Å². The van der Waals surface area contributed by atoms with Crippen molar-refractivity contribution in [3.05, 3.63) is 99.4 Å². The summed E-state index contributed by atoms with van der Waals surface area (Å²) >= 11 is 7.66. The molecule has 0 atom stereocenters. The van der Waals surface area contributed by atoms with E-state index in [1.165, 1.54) is 43.9 Å². The van der Waals surface area contributed by atoms with Crippen LogP contribution in [0.1, 0.15) is 53.6 Å². The number of amides is 2. The Labute approximate surface area is 233 Å². The number of hydrogen-bond acceptors (Lipinski definition) is 4. The van der Waals surface area contributed by atoms with E-state index in [4.69, 9.17) is 11.6 Å². The molecule has 0 unspecified atom stereocenters. The number of benzene rings is 3. The minimum Gasteiger partial charge on any atom is -0.339 e. The Balaban J connectivity index is 1.28. The van der Waals surface area contributed by atoms with Crippen molar-refractivity contribution >= 4 is 46.9 Å². The largest absolute Gasteiger partial charge is 0.339 e. The smallest absolute Gasteiger partial charge is 0.265 e. The van der Waals surface area contributed by atoms with Gasteiger partial charge in [-0.3, -0.25) is 14.5 Å². The third-order valence-corrected chi connectivity index (χ3v) is 8.53. The second-order valence-electron chi connectivity index (χ2n) is 9.93. The van der Waals surface area contributed by atoms with Crippen molar-refractivity contribution in [3.63, 3.8) is 0 Å². The molecule has 1 saturated carbocycles. The molecule has 1 N–H and O–H groups in total. The molecule has 0 aromatic heterocycles. The van der Waals surface area contributed by atoms with E-state index in [1.54, 1.807) is 4.90 Å². The van der Waals surface area contributed by atoms with Crippen LogP contribution in [0.25, 0.3) is 6.08 Å². The lowest BCUT2D eigenvalue weighted by Crippen LogP contribution is -2.42. The van der Waals surface area contributed by atoms with Crippen LogP contribution in [0.4, 0.5) is 5.69 Å². The Morgan fingerprint density at radius 1 is 1.05 bits per heavy atom. The molecule has 0 saturated heterocycles. The van der Waals surface area contributed by atoms with Gasteiger partial charge in [0.05, 0.1) is 23.8 Å². The van der Waals surface area contributed by atoms with E-state index in [9.17, 15) is 9.59 Å². The number of halogens is 1. The van der Waals surface area contributed by atoms with E-state index in [0.29, 0.717) is 34.7 Å². The van der Waals surface area contributed by atoms with E-state index in [-0.39, 0.29) is 11.8 Å². The Kier molecular flexibility index (Phi) is 8.52. The minimum atomic E-state index is -0.0865. The van der Waals surface area contributed by atoms with E-state index in [0.717, 1.165) is 21.7 Å². The second kappa shape index (κ2) is 12.2. The standard InChI is InChI=1S/C31H32ClN3O2S/c1-34(26-10-3-2-4-11-26)21-33-30(36)24-16-14-22(15-17-24)19-29-31(37)35(20-23-8-7-9-25(32)18-23)27-12-5-6-13-28(27)38-29/h5-9,12-19,26H,2-4,10-11,20-21H2,1H3,(H,33,36)/b29-19+. The zero-order chi connectivity index (χ0) is 26.5. The van der Waals surface area contributed by atoms with Crippen LogP contribution >= 0.6 is 23.4 Å². The van der Waals surface area contributed by atoms with E-state index in [1.807, 2.05) is 78.9 Å². The van der Waals surface area contributed by atoms with Gasteiger partial charge in [0.15, 0.2) is 0 Å². The fourth-order valence-electron chi connectivity index (χ4n) is 5.07. The molecule has 5 rings (SSSR count). The van der Waals surface area contributed by atoms with Gasteiger partial charge in [0.25, 0.3) is 11.8 Å². The summed E-state index contributed by atoms with van der Waals surface area (Å²) in [5.41, 5.74) is 3.35. The minimum absolute atomic E-state index is 0.0544. The summed E-state index contributed by atoms with van der Waals surface area (Å²) in [6.07, 6.45) is 8.15. The predicted molar refractivity (Wildman–Crippen MR) is 156 cm³/mol. The molecule has 7 heteroatoms. The van der Waals surface area contributed by atoms with Gasteiger partial charge in [-0.25, -0.2) is 0 Å². The normalized spacial score (nSPS) is 17.1. The topological polar surface area (TPSA) is 52.7 Å². The molecule has 1 heterocycles. The highest BCUT2D eigenvalue weighted by Gasteiger charge is 2.29. The lowest BCUT2D eigenvalue weighted by molar-refractivity contribution is -0.114. The first-order valence-corrected chi connectivity index (χ1v) is 14.3.